The van der Waals surface area contributed by atoms with Gasteiger partial charge in [0, 0.05) is 23.0 Å². The molecular weight excluding hydrogens is 352 g/mol. The van der Waals surface area contributed by atoms with Crippen LogP contribution in [0.2, 0.25) is 0 Å². The average molecular weight is 366 g/mol. The third kappa shape index (κ3) is 4.10. The molecule has 0 aliphatic heterocycles. The number of carbonyl (C=O) groups is 2. The van der Waals surface area contributed by atoms with E-state index in [9.17, 15) is 19.7 Å². The summed E-state index contributed by atoms with van der Waals surface area (Å²) in [5.41, 5.74) is 6.08. The van der Waals surface area contributed by atoms with E-state index in [1.165, 1.54) is 24.5 Å². The van der Waals surface area contributed by atoms with Crippen LogP contribution in [0.1, 0.15) is 20.9 Å². The highest BCUT2D eigenvalue weighted by Crippen LogP contribution is 2.23. The summed E-state index contributed by atoms with van der Waals surface area (Å²) in [7, 11) is 0. The minimum Gasteiger partial charge on any atom is -0.459 e. The molecule has 0 bridgehead atoms. The van der Waals surface area contributed by atoms with E-state index in [1.807, 2.05) is 0 Å². The maximum absolute atomic E-state index is 12.3. The van der Waals surface area contributed by atoms with Crippen LogP contribution >= 0.6 is 0 Å². The monoisotopic (exact) mass is 366 g/mol. The number of furan rings is 1. The van der Waals surface area contributed by atoms with Gasteiger partial charge in [0.05, 0.1) is 11.2 Å². The molecule has 136 valence electrons. The summed E-state index contributed by atoms with van der Waals surface area (Å²) in [5.74, 6) is -0.830. The molecule has 3 rings (SSSR count). The Hall–Kier alpha value is -4.14. The number of nitrogens with two attached hydrogens (primary N) is 1. The molecule has 0 aliphatic rings. The van der Waals surface area contributed by atoms with E-state index in [4.69, 9.17) is 10.2 Å². The van der Waals surface area contributed by atoms with Crippen LogP contribution in [0.5, 0.6) is 0 Å². The largest absolute Gasteiger partial charge is 0.459 e. The zero-order valence-electron chi connectivity index (χ0n) is 13.8. The summed E-state index contributed by atoms with van der Waals surface area (Å²) in [5, 5.41) is 16.2. The third-order valence-corrected chi connectivity index (χ3v) is 3.61. The van der Waals surface area contributed by atoms with Crippen molar-refractivity contribution in [1.82, 2.24) is 0 Å². The molecule has 0 aliphatic carbocycles. The second-order valence-corrected chi connectivity index (χ2v) is 5.50. The Kier molecular flexibility index (Phi) is 4.84. The molecular formula is C18H14N4O5. The van der Waals surface area contributed by atoms with Crippen LogP contribution in [0.15, 0.2) is 65.3 Å². The molecule has 0 saturated carbocycles. The Morgan fingerprint density at radius 2 is 1.67 bits per heavy atom. The van der Waals surface area contributed by atoms with Gasteiger partial charge in [0.1, 0.15) is 5.69 Å². The number of hydrogen-bond donors (Lipinski definition) is 3. The van der Waals surface area contributed by atoms with Crippen molar-refractivity contribution < 1.29 is 18.9 Å². The average Bonchev–Trinajstić information content (AvgIpc) is 3.17. The fourth-order valence-corrected chi connectivity index (χ4v) is 2.32. The van der Waals surface area contributed by atoms with Gasteiger partial charge < -0.3 is 20.8 Å². The SMILES string of the molecule is Nc1ccc(C(=O)Nc2cccc(NC(=O)c3ccco3)c2)cc1[N+](=O)[O-]. The normalized spacial score (nSPS) is 10.2. The van der Waals surface area contributed by atoms with Crippen molar-refractivity contribution in [2.75, 3.05) is 16.4 Å². The molecule has 0 atom stereocenters. The van der Waals surface area contributed by atoms with Crippen molar-refractivity contribution in [2.45, 2.75) is 0 Å². The number of nitro groups is 1. The van der Waals surface area contributed by atoms with E-state index in [-0.39, 0.29) is 22.7 Å². The van der Waals surface area contributed by atoms with Crippen molar-refractivity contribution in [3.63, 3.8) is 0 Å². The van der Waals surface area contributed by atoms with Crippen LogP contribution < -0.4 is 16.4 Å². The molecule has 27 heavy (non-hydrogen) atoms. The lowest BCUT2D eigenvalue weighted by Gasteiger charge is -2.08. The summed E-state index contributed by atoms with van der Waals surface area (Å²) < 4.78 is 5.01. The lowest BCUT2D eigenvalue weighted by molar-refractivity contribution is -0.383. The molecule has 0 radical (unpaired) electrons. The predicted octanol–water partition coefficient (Wildman–Crippen LogP) is 3.27. The number of hydrogen-bond acceptors (Lipinski definition) is 6. The minimum absolute atomic E-state index is 0.0285. The van der Waals surface area contributed by atoms with Gasteiger partial charge in [0.2, 0.25) is 0 Å². The number of anilines is 3. The third-order valence-electron chi connectivity index (χ3n) is 3.61. The Balaban J connectivity index is 1.74. The number of rotatable bonds is 5. The molecule has 0 saturated heterocycles. The maximum atomic E-state index is 12.3. The zero-order valence-corrected chi connectivity index (χ0v) is 13.8. The van der Waals surface area contributed by atoms with Crippen LogP contribution in [-0.4, -0.2) is 16.7 Å². The van der Waals surface area contributed by atoms with Gasteiger partial charge in [0.15, 0.2) is 5.76 Å². The van der Waals surface area contributed by atoms with Crippen LogP contribution in [0, 0.1) is 10.1 Å². The Morgan fingerprint density at radius 3 is 2.30 bits per heavy atom. The van der Waals surface area contributed by atoms with Crippen LogP contribution in [0.4, 0.5) is 22.7 Å². The second kappa shape index (κ2) is 7.40. The van der Waals surface area contributed by atoms with Crippen molar-refractivity contribution >= 4 is 34.6 Å². The predicted molar refractivity (Wildman–Crippen MR) is 98.6 cm³/mol. The standard InChI is InChI=1S/C18H14N4O5/c19-14-7-6-11(9-15(14)22(25)26)17(23)20-12-3-1-4-13(10-12)21-18(24)16-5-2-8-27-16/h1-10H,19H2,(H,20,23)(H,21,24). The topological polar surface area (TPSA) is 140 Å². The van der Waals surface area contributed by atoms with E-state index < -0.39 is 16.7 Å². The fourth-order valence-electron chi connectivity index (χ4n) is 2.32. The first-order valence-corrected chi connectivity index (χ1v) is 7.74. The van der Waals surface area contributed by atoms with Crippen molar-refractivity contribution in [3.05, 3.63) is 82.3 Å². The second-order valence-electron chi connectivity index (χ2n) is 5.50. The van der Waals surface area contributed by atoms with Gasteiger partial charge in [-0.05, 0) is 42.5 Å². The molecule has 0 spiro atoms. The number of nitro benzene ring substituents is 1. The summed E-state index contributed by atoms with van der Waals surface area (Å²) in [6.45, 7) is 0. The molecule has 2 aromatic carbocycles. The molecule has 2 amide bonds. The Labute approximate surface area is 152 Å². The molecule has 3 aromatic rings. The molecule has 0 unspecified atom stereocenters. The first kappa shape index (κ1) is 17.7. The van der Waals surface area contributed by atoms with Crippen molar-refractivity contribution in [1.29, 1.82) is 0 Å². The number of carbonyl (C=O) groups excluding carboxylic acids is 2. The van der Waals surface area contributed by atoms with Gasteiger partial charge in [-0.3, -0.25) is 19.7 Å². The molecule has 0 fully saturated rings. The summed E-state index contributed by atoms with van der Waals surface area (Å²) in [6.07, 6.45) is 1.39. The number of nitrogens with one attached hydrogen (secondary N) is 2. The molecule has 4 N–H and O–H groups in total. The van der Waals surface area contributed by atoms with Gasteiger partial charge >= 0.3 is 0 Å². The van der Waals surface area contributed by atoms with E-state index in [1.54, 1.807) is 30.3 Å². The lowest BCUT2D eigenvalue weighted by Crippen LogP contribution is -2.14. The van der Waals surface area contributed by atoms with Crippen molar-refractivity contribution in [3.8, 4) is 0 Å². The van der Waals surface area contributed by atoms with Gasteiger partial charge in [0.25, 0.3) is 17.5 Å². The van der Waals surface area contributed by atoms with E-state index >= 15 is 0 Å². The first-order chi connectivity index (χ1) is 12.9. The van der Waals surface area contributed by atoms with Crippen LogP contribution in [0.25, 0.3) is 0 Å². The number of nitrogen functional groups attached to an aromatic ring is 1. The number of benzene rings is 2. The Morgan fingerprint density at radius 1 is 0.963 bits per heavy atom. The van der Waals surface area contributed by atoms with E-state index in [0.717, 1.165) is 6.07 Å². The fraction of sp³-hybridized carbons (Fsp3) is 0. The minimum atomic E-state index is -0.656. The highest BCUT2D eigenvalue weighted by atomic mass is 16.6. The van der Waals surface area contributed by atoms with Gasteiger partial charge in [-0.15, -0.1) is 0 Å². The summed E-state index contributed by atoms with van der Waals surface area (Å²) >= 11 is 0. The number of nitrogens with zero attached hydrogens (tertiary/aromatic N) is 1. The summed E-state index contributed by atoms with van der Waals surface area (Å²) in [6, 6.07) is 13.4. The van der Waals surface area contributed by atoms with Crippen molar-refractivity contribution in [2.24, 2.45) is 0 Å². The zero-order chi connectivity index (χ0) is 19.4. The van der Waals surface area contributed by atoms with Gasteiger partial charge in [-0.1, -0.05) is 6.07 Å². The van der Waals surface area contributed by atoms with E-state index in [0.29, 0.717) is 11.4 Å². The smallest absolute Gasteiger partial charge is 0.292 e. The van der Waals surface area contributed by atoms with Crippen LogP contribution in [-0.2, 0) is 0 Å². The molecule has 1 heterocycles. The molecule has 9 nitrogen and oxygen atoms in total. The van der Waals surface area contributed by atoms with E-state index in [2.05, 4.69) is 10.6 Å². The van der Waals surface area contributed by atoms with Gasteiger partial charge in [-0.25, -0.2) is 0 Å². The van der Waals surface area contributed by atoms with Gasteiger partial charge in [-0.2, -0.15) is 0 Å². The number of amides is 2. The molecule has 9 heteroatoms. The highest BCUT2D eigenvalue weighted by molar-refractivity contribution is 6.06. The highest BCUT2D eigenvalue weighted by Gasteiger charge is 2.16. The van der Waals surface area contributed by atoms with Crippen LogP contribution in [0.3, 0.4) is 0 Å². The molecule has 1 aromatic heterocycles. The first-order valence-electron chi connectivity index (χ1n) is 7.74. The maximum Gasteiger partial charge on any atom is 0.292 e. The lowest BCUT2D eigenvalue weighted by atomic mass is 10.1. The Bertz CT molecular complexity index is 1010. The quantitative estimate of drug-likeness (QED) is 0.359. The summed E-state index contributed by atoms with van der Waals surface area (Å²) in [4.78, 5) is 34.6.